The number of rotatable bonds is 5. The fourth-order valence-electron chi connectivity index (χ4n) is 1.30. The normalized spacial score (nSPS) is 13.2. The molecule has 1 aromatic rings. The second kappa shape index (κ2) is 6.38. The molecule has 2 nitrogen and oxygen atoms in total. The lowest BCUT2D eigenvalue weighted by Crippen LogP contribution is -2.28. The highest BCUT2D eigenvalue weighted by molar-refractivity contribution is 6.57. The Morgan fingerprint density at radius 3 is 2.44 bits per heavy atom. The Morgan fingerprint density at radius 2 is 1.94 bits per heavy atom. The van der Waals surface area contributed by atoms with Crippen molar-refractivity contribution in [1.82, 2.24) is 0 Å². The Hall–Kier alpha value is -1.22. The SMILES string of the molecule is CCC=CC(Oc1ccc(N)cc1)[Si](C)C. The first-order valence-corrected chi connectivity index (χ1v) is 8.20. The third-order valence-corrected chi connectivity index (χ3v) is 3.71. The maximum absolute atomic E-state index is 5.94. The van der Waals surface area contributed by atoms with Crippen LogP contribution in [0, 0.1) is 0 Å². The van der Waals surface area contributed by atoms with Gasteiger partial charge in [-0.25, -0.2) is 0 Å². The molecule has 0 bridgehead atoms. The molecule has 0 heterocycles. The first-order chi connectivity index (χ1) is 7.63. The van der Waals surface area contributed by atoms with E-state index in [-0.39, 0.29) is 5.73 Å². The van der Waals surface area contributed by atoms with E-state index in [4.69, 9.17) is 10.5 Å². The minimum atomic E-state index is -0.493. The molecular formula is C13H20NOSi. The van der Waals surface area contributed by atoms with Crippen molar-refractivity contribution in [3.8, 4) is 5.75 Å². The van der Waals surface area contributed by atoms with Crippen molar-refractivity contribution in [1.29, 1.82) is 0 Å². The van der Waals surface area contributed by atoms with E-state index in [1.54, 1.807) is 0 Å². The van der Waals surface area contributed by atoms with Crippen LogP contribution in [-0.4, -0.2) is 14.5 Å². The standard InChI is InChI=1S/C13H20NOSi/c1-4-5-6-13(16(2)3)15-12-9-7-11(14)8-10-12/h5-10,13H,4,14H2,1-3H3. The quantitative estimate of drug-likeness (QED) is 0.482. The highest BCUT2D eigenvalue weighted by Gasteiger charge is 2.12. The number of nitrogen functional groups attached to an aromatic ring is 1. The molecule has 87 valence electrons. The van der Waals surface area contributed by atoms with Gasteiger partial charge in [0.15, 0.2) is 0 Å². The van der Waals surface area contributed by atoms with Crippen LogP contribution >= 0.6 is 0 Å². The molecule has 0 amide bonds. The number of nitrogens with two attached hydrogens (primary N) is 1. The summed E-state index contributed by atoms with van der Waals surface area (Å²) in [5, 5.41) is 0. The number of anilines is 1. The summed E-state index contributed by atoms with van der Waals surface area (Å²) in [6.45, 7) is 6.65. The van der Waals surface area contributed by atoms with Gasteiger partial charge in [-0.05, 0) is 30.7 Å². The van der Waals surface area contributed by atoms with Crippen molar-refractivity contribution in [2.24, 2.45) is 0 Å². The van der Waals surface area contributed by atoms with Crippen molar-refractivity contribution >= 4 is 14.5 Å². The summed E-state index contributed by atoms with van der Waals surface area (Å²) in [7, 11) is -0.493. The smallest absolute Gasteiger partial charge is 0.119 e. The monoisotopic (exact) mass is 234 g/mol. The average molecular weight is 234 g/mol. The zero-order chi connectivity index (χ0) is 12.0. The molecule has 0 aliphatic heterocycles. The van der Waals surface area contributed by atoms with Crippen molar-refractivity contribution in [2.75, 3.05) is 5.73 Å². The van der Waals surface area contributed by atoms with Crippen molar-refractivity contribution in [3.63, 3.8) is 0 Å². The maximum atomic E-state index is 5.94. The van der Waals surface area contributed by atoms with Crippen molar-refractivity contribution in [3.05, 3.63) is 36.4 Å². The molecule has 1 unspecified atom stereocenters. The minimum Gasteiger partial charge on any atom is -0.490 e. The molecule has 0 aromatic heterocycles. The van der Waals surface area contributed by atoms with Crippen LogP contribution in [0.15, 0.2) is 36.4 Å². The number of hydrogen-bond donors (Lipinski definition) is 1. The summed E-state index contributed by atoms with van der Waals surface area (Å²) in [4.78, 5) is 0. The summed E-state index contributed by atoms with van der Waals surface area (Å²) in [5.41, 5.74) is 6.63. The van der Waals surface area contributed by atoms with Crippen LogP contribution < -0.4 is 10.5 Å². The first kappa shape index (κ1) is 12.8. The molecule has 0 aliphatic carbocycles. The van der Waals surface area contributed by atoms with Gasteiger partial charge in [0.25, 0.3) is 0 Å². The van der Waals surface area contributed by atoms with Gasteiger partial charge in [0.05, 0.1) is 8.80 Å². The van der Waals surface area contributed by atoms with E-state index in [2.05, 4.69) is 32.2 Å². The van der Waals surface area contributed by atoms with Gasteiger partial charge in [-0.15, -0.1) is 0 Å². The third-order valence-electron chi connectivity index (χ3n) is 2.26. The van der Waals surface area contributed by atoms with Crippen LogP contribution in [0.3, 0.4) is 0 Å². The lowest BCUT2D eigenvalue weighted by Gasteiger charge is -2.18. The van der Waals surface area contributed by atoms with Gasteiger partial charge in [-0.1, -0.05) is 32.2 Å². The molecule has 2 N–H and O–H groups in total. The van der Waals surface area contributed by atoms with E-state index in [0.717, 1.165) is 17.9 Å². The predicted molar refractivity (Wildman–Crippen MR) is 72.2 cm³/mol. The Bertz CT molecular complexity index is 332. The molecule has 1 radical (unpaired) electrons. The average Bonchev–Trinajstić information content (AvgIpc) is 2.26. The van der Waals surface area contributed by atoms with E-state index < -0.39 is 8.80 Å². The molecule has 1 rings (SSSR count). The van der Waals surface area contributed by atoms with Crippen LogP contribution in [0.2, 0.25) is 13.1 Å². The zero-order valence-corrected chi connectivity index (χ0v) is 11.2. The van der Waals surface area contributed by atoms with Crippen molar-refractivity contribution in [2.45, 2.75) is 32.2 Å². The summed E-state index contributed by atoms with van der Waals surface area (Å²) >= 11 is 0. The molecule has 0 aliphatic rings. The molecule has 3 heteroatoms. The topological polar surface area (TPSA) is 35.2 Å². The number of hydrogen-bond acceptors (Lipinski definition) is 2. The number of allylic oxidation sites excluding steroid dienone is 1. The van der Waals surface area contributed by atoms with Gasteiger partial charge in [-0.3, -0.25) is 0 Å². The fraction of sp³-hybridized carbons (Fsp3) is 0.385. The van der Waals surface area contributed by atoms with Crippen LogP contribution in [0.1, 0.15) is 13.3 Å². The Kier molecular flexibility index (Phi) is 5.12. The Balaban J connectivity index is 2.68. The third kappa shape index (κ3) is 4.11. The highest BCUT2D eigenvalue weighted by Crippen LogP contribution is 2.16. The van der Waals surface area contributed by atoms with E-state index in [0.29, 0.717) is 0 Å². The molecule has 0 saturated carbocycles. The fourth-order valence-corrected chi connectivity index (χ4v) is 2.20. The van der Waals surface area contributed by atoms with E-state index in [1.165, 1.54) is 0 Å². The first-order valence-electron chi connectivity index (χ1n) is 5.62. The van der Waals surface area contributed by atoms with Gasteiger partial charge in [-0.2, -0.15) is 0 Å². The second-order valence-corrected chi connectivity index (χ2v) is 6.74. The molecule has 16 heavy (non-hydrogen) atoms. The summed E-state index contributed by atoms with van der Waals surface area (Å²) in [6.07, 6.45) is 5.39. The zero-order valence-electron chi connectivity index (χ0n) is 10.2. The van der Waals surface area contributed by atoms with E-state index in [9.17, 15) is 0 Å². The summed E-state index contributed by atoms with van der Waals surface area (Å²) in [6, 6.07) is 7.58. The summed E-state index contributed by atoms with van der Waals surface area (Å²) in [5.74, 6) is 0.895. The lowest BCUT2D eigenvalue weighted by molar-refractivity contribution is 0.318. The largest absolute Gasteiger partial charge is 0.490 e. The van der Waals surface area contributed by atoms with Gasteiger partial charge in [0, 0.05) is 5.69 Å². The number of ether oxygens (including phenoxy) is 1. The molecular weight excluding hydrogens is 214 g/mol. The van der Waals surface area contributed by atoms with Gasteiger partial charge in [0.1, 0.15) is 11.5 Å². The van der Waals surface area contributed by atoms with Gasteiger partial charge < -0.3 is 10.5 Å². The molecule has 1 atom stereocenters. The number of benzene rings is 1. The van der Waals surface area contributed by atoms with E-state index >= 15 is 0 Å². The van der Waals surface area contributed by atoms with Crippen LogP contribution in [0.25, 0.3) is 0 Å². The van der Waals surface area contributed by atoms with Crippen LogP contribution in [0.5, 0.6) is 5.75 Å². The van der Waals surface area contributed by atoms with E-state index in [1.807, 2.05) is 24.3 Å². The van der Waals surface area contributed by atoms with Gasteiger partial charge >= 0.3 is 0 Å². The van der Waals surface area contributed by atoms with Gasteiger partial charge in [0.2, 0.25) is 0 Å². The van der Waals surface area contributed by atoms with Crippen LogP contribution in [0.4, 0.5) is 5.69 Å². The lowest BCUT2D eigenvalue weighted by atomic mass is 10.3. The summed E-state index contributed by atoms with van der Waals surface area (Å²) < 4.78 is 5.94. The van der Waals surface area contributed by atoms with Crippen LogP contribution in [-0.2, 0) is 0 Å². The maximum Gasteiger partial charge on any atom is 0.119 e. The Morgan fingerprint density at radius 1 is 1.31 bits per heavy atom. The second-order valence-electron chi connectivity index (χ2n) is 4.02. The molecule has 0 fully saturated rings. The van der Waals surface area contributed by atoms with Crippen molar-refractivity contribution < 1.29 is 4.74 Å². The minimum absolute atomic E-state index is 0.230. The molecule has 0 saturated heterocycles. The Labute approximate surface area is 99.7 Å². The highest BCUT2D eigenvalue weighted by atomic mass is 28.3. The predicted octanol–water partition coefficient (Wildman–Crippen LogP) is 3.28. The molecule has 0 spiro atoms. The molecule has 1 aromatic carbocycles.